The molecule has 364 valence electrons. The molecule has 8 heterocycles. The smallest absolute Gasteiger partial charge is 0.318 e. The van der Waals surface area contributed by atoms with Crippen molar-refractivity contribution in [3.05, 3.63) is 116 Å². The molecule has 72 heavy (non-hydrogen) atoms. The Morgan fingerprint density at radius 3 is 2.68 bits per heavy atom. The molecule has 8 aromatic rings. The Morgan fingerprint density at radius 2 is 1.92 bits per heavy atom. The lowest BCUT2D eigenvalue weighted by molar-refractivity contribution is -0.148. The van der Waals surface area contributed by atoms with E-state index in [4.69, 9.17) is 36.5 Å². The highest BCUT2D eigenvalue weighted by Gasteiger charge is 2.35. The van der Waals surface area contributed by atoms with Gasteiger partial charge in [0, 0.05) is 64.6 Å². The zero-order valence-electron chi connectivity index (χ0n) is 38.4. The molecule has 1 amide bonds. The third-order valence-electron chi connectivity index (χ3n) is 13.3. The Labute approximate surface area is 414 Å². The molecule has 1 saturated heterocycles. The van der Waals surface area contributed by atoms with E-state index in [9.17, 15) is 24.0 Å². The van der Waals surface area contributed by atoms with Gasteiger partial charge < -0.3 is 34.3 Å². The van der Waals surface area contributed by atoms with Gasteiger partial charge in [-0.25, -0.2) is 18.2 Å². The maximum atomic E-state index is 16.8. The number of nitriles is 1. The molecule has 2 atom stereocenters. The lowest BCUT2D eigenvalue weighted by Gasteiger charge is -2.41. The number of anilines is 2. The van der Waals surface area contributed by atoms with Crippen LogP contribution in [-0.2, 0) is 40.6 Å². The van der Waals surface area contributed by atoms with Crippen molar-refractivity contribution < 1.29 is 37.0 Å². The fourth-order valence-electron chi connectivity index (χ4n) is 9.81. The molecule has 0 bridgehead atoms. The fourth-order valence-corrected chi connectivity index (χ4v) is 11.0. The Balaban J connectivity index is 0.760. The van der Waals surface area contributed by atoms with E-state index in [-0.39, 0.29) is 140 Å². The van der Waals surface area contributed by atoms with Crippen molar-refractivity contribution in [3.8, 4) is 40.3 Å². The Bertz CT molecular complexity index is 3800. The lowest BCUT2D eigenvalue weighted by atomic mass is 9.90. The third kappa shape index (κ3) is 7.49. The number of benzene rings is 3. The van der Waals surface area contributed by atoms with Crippen LogP contribution in [0.5, 0.6) is 11.8 Å². The standard InChI is InChI=1S/C49H38ClF3N12O6S/c1-5-25-27-13-35-41-24(18-64(35)47(67)30(27)19-71-48(25)68)10-23-11-36(33(52)14-34(23)56-41)70-20-37-59-61-65(60-37)16-21(2)46(66)62-8-9-63(22(3)17-62)45-28-12-31(50)39(40(53)42(28)57-49(58-45)69-4)26-6-7-32(51)43-38(26)29(15-54)44(55)72-43/h6-7,10-14,22,25H,2,5,8-9,16-20,55H2,1,3-4H3. The molecular formula is C49H38ClF3N12O6S. The number of piperazine rings is 1. The van der Waals surface area contributed by atoms with Crippen molar-refractivity contribution in [3.63, 3.8) is 0 Å². The van der Waals surface area contributed by atoms with Gasteiger partial charge in [-0.3, -0.25) is 14.4 Å². The van der Waals surface area contributed by atoms with Crippen molar-refractivity contribution in [1.29, 1.82) is 5.26 Å². The van der Waals surface area contributed by atoms with Gasteiger partial charge in [0.2, 0.25) is 5.82 Å². The maximum Gasteiger partial charge on any atom is 0.318 e. The molecule has 3 aromatic carbocycles. The van der Waals surface area contributed by atoms with E-state index in [0.29, 0.717) is 45.7 Å². The Kier molecular flexibility index (Phi) is 11.3. The number of aromatic nitrogens is 8. The van der Waals surface area contributed by atoms with Gasteiger partial charge in [-0.1, -0.05) is 31.2 Å². The molecule has 0 saturated carbocycles. The maximum absolute atomic E-state index is 16.8. The van der Waals surface area contributed by atoms with Crippen LogP contribution < -0.4 is 25.7 Å². The molecule has 11 rings (SSSR count). The number of nitrogens with two attached hydrogens (primary N) is 1. The molecule has 3 aliphatic rings. The Hall–Kier alpha value is -8.16. The van der Waals surface area contributed by atoms with Crippen LogP contribution in [0.25, 0.3) is 54.4 Å². The van der Waals surface area contributed by atoms with Crippen molar-refractivity contribution in [2.75, 3.05) is 37.4 Å². The molecule has 1 fully saturated rings. The molecule has 2 unspecified atom stereocenters. The van der Waals surface area contributed by atoms with Crippen LogP contribution in [0.2, 0.25) is 5.02 Å². The van der Waals surface area contributed by atoms with Gasteiger partial charge in [-0.2, -0.15) is 20.0 Å². The van der Waals surface area contributed by atoms with Crippen LogP contribution in [0.3, 0.4) is 0 Å². The molecule has 0 aliphatic carbocycles. The van der Waals surface area contributed by atoms with Crippen LogP contribution in [0, 0.1) is 28.8 Å². The second kappa shape index (κ2) is 17.6. The molecular weight excluding hydrogens is 977 g/mol. The minimum Gasteiger partial charge on any atom is -0.482 e. The number of halogens is 4. The summed E-state index contributed by atoms with van der Waals surface area (Å²) in [4.78, 5) is 58.1. The monoisotopic (exact) mass is 1010 g/mol. The number of ether oxygens (including phenoxy) is 3. The number of carbonyl (C=O) groups excluding carboxylic acids is 2. The van der Waals surface area contributed by atoms with E-state index in [1.165, 1.54) is 36.2 Å². The van der Waals surface area contributed by atoms with Crippen molar-refractivity contribution in [2.24, 2.45) is 0 Å². The molecule has 0 radical (unpaired) electrons. The van der Waals surface area contributed by atoms with E-state index in [1.54, 1.807) is 9.47 Å². The number of nitrogens with zero attached hydrogens (tertiary/aromatic N) is 11. The van der Waals surface area contributed by atoms with Crippen LogP contribution in [-0.4, -0.2) is 89.3 Å². The zero-order chi connectivity index (χ0) is 50.4. The summed E-state index contributed by atoms with van der Waals surface area (Å²) in [6, 6.07) is 11.9. The van der Waals surface area contributed by atoms with E-state index in [2.05, 4.69) is 32.0 Å². The summed E-state index contributed by atoms with van der Waals surface area (Å²) in [6.45, 7) is 8.21. The molecule has 18 nitrogen and oxygen atoms in total. The number of nitrogen functional groups attached to an aromatic ring is 1. The fraction of sp³-hybridized carbons (Fsp3) is 0.265. The van der Waals surface area contributed by atoms with Gasteiger partial charge in [0.15, 0.2) is 24.0 Å². The molecule has 23 heteroatoms. The first-order valence-corrected chi connectivity index (χ1v) is 23.7. The number of carbonyl (C=O) groups is 2. The number of fused-ring (bicyclic) bond motifs is 7. The summed E-state index contributed by atoms with van der Waals surface area (Å²) in [7, 11) is 1.34. The normalized spacial score (nSPS) is 16.2. The number of thiophene rings is 1. The first kappa shape index (κ1) is 46.2. The number of amides is 1. The van der Waals surface area contributed by atoms with Crippen LogP contribution in [0.4, 0.5) is 24.0 Å². The van der Waals surface area contributed by atoms with Crippen LogP contribution in [0.15, 0.2) is 59.4 Å². The van der Waals surface area contributed by atoms with Crippen LogP contribution in [0.1, 0.15) is 54.3 Å². The number of pyridine rings is 2. The van der Waals surface area contributed by atoms with Crippen molar-refractivity contribution in [1.82, 2.24) is 44.6 Å². The Morgan fingerprint density at radius 1 is 1.10 bits per heavy atom. The first-order valence-electron chi connectivity index (χ1n) is 22.5. The molecule has 5 aromatic heterocycles. The predicted octanol–water partition coefficient (Wildman–Crippen LogP) is 7.19. The quantitative estimate of drug-likeness (QED) is 0.106. The number of hydrogen-bond donors (Lipinski definition) is 1. The average molecular weight is 1020 g/mol. The summed E-state index contributed by atoms with van der Waals surface area (Å²) in [6.07, 6.45) is 0.475. The molecule has 3 aliphatic heterocycles. The number of cyclic esters (lactones) is 1. The minimum atomic E-state index is -0.842. The summed E-state index contributed by atoms with van der Waals surface area (Å²) in [5.74, 6) is -3.11. The number of esters is 1. The van der Waals surface area contributed by atoms with Gasteiger partial charge >= 0.3 is 12.0 Å². The SMILES string of the molecule is C=C(Cn1nnc(COc2cc3cc4c(nc3cc2F)-c2cc3c(c(=O)n2C4)COC(=O)C3CC)n1)C(=O)N1CCN(c2nc(OC)nc3c(F)c(-c4ccc(F)c5sc(N)c(C#N)c45)c(Cl)cc23)C(C)C1. The number of tetrazole rings is 1. The average Bonchev–Trinajstić information content (AvgIpc) is 4.07. The van der Waals surface area contributed by atoms with Gasteiger partial charge in [0.05, 0.1) is 63.9 Å². The van der Waals surface area contributed by atoms with Gasteiger partial charge in [-0.05, 0) is 60.0 Å². The highest BCUT2D eigenvalue weighted by molar-refractivity contribution is 7.23. The van der Waals surface area contributed by atoms with E-state index in [0.717, 1.165) is 23.0 Å². The third-order valence-corrected chi connectivity index (χ3v) is 14.6. The van der Waals surface area contributed by atoms with Crippen molar-refractivity contribution in [2.45, 2.75) is 58.5 Å². The number of methoxy groups -OCH3 is 1. The van der Waals surface area contributed by atoms with E-state index in [1.807, 2.05) is 36.9 Å². The summed E-state index contributed by atoms with van der Waals surface area (Å²) in [5, 5.41) is 23.3. The highest BCUT2D eigenvalue weighted by Crippen LogP contribution is 2.46. The molecule has 2 N–H and O–H groups in total. The zero-order valence-corrected chi connectivity index (χ0v) is 40.0. The van der Waals surface area contributed by atoms with E-state index >= 15 is 8.78 Å². The summed E-state index contributed by atoms with van der Waals surface area (Å²) < 4.78 is 65.5. The van der Waals surface area contributed by atoms with Crippen LogP contribution >= 0.6 is 22.9 Å². The van der Waals surface area contributed by atoms with E-state index < -0.39 is 23.4 Å². The first-order chi connectivity index (χ1) is 34.6. The summed E-state index contributed by atoms with van der Waals surface area (Å²) >= 11 is 7.71. The number of hydrogen-bond acceptors (Lipinski definition) is 16. The number of rotatable bonds is 10. The highest BCUT2D eigenvalue weighted by atomic mass is 35.5. The topological polar surface area (TPSA) is 222 Å². The van der Waals surface area contributed by atoms with Gasteiger partial charge in [-0.15, -0.1) is 21.5 Å². The van der Waals surface area contributed by atoms with Crippen molar-refractivity contribution >= 4 is 77.5 Å². The minimum absolute atomic E-state index is 0.00656. The predicted molar refractivity (Wildman–Crippen MR) is 259 cm³/mol. The lowest BCUT2D eigenvalue weighted by Crippen LogP contribution is -2.54. The van der Waals surface area contributed by atoms with Gasteiger partial charge in [0.25, 0.3) is 11.5 Å². The summed E-state index contributed by atoms with van der Waals surface area (Å²) in [5.41, 5.74) is 9.18. The second-order valence-corrected chi connectivity index (χ2v) is 19.0. The largest absolute Gasteiger partial charge is 0.482 e. The molecule has 0 spiro atoms. The second-order valence-electron chi connectivity index (χ2n) is 17.5. The van der Waals surface area contributed by atoms with Gasteiger partial charge in [0.1, 0.15) is 34.8 Å².